The van der Waals surface area contributed by atoms with E-state index < -0.39 is 29.3 Å². The van der Waals surface area contributed by atoms with E-state index in [-0.39, 0.29) is 16.2 Å². The average Bonchev–Trinajstić information content (AvgIpc) is 2.84. The number of nitrogens with one attached hydrogen (secondary N) is 2. The summed E-state index contributed by atoms with van der Waals surface area (Å²) in [5.41, 5.74) is 1.52. The lowest BCUT2D eigenvalue weighted by Gasteiger charge is -2.38. The third-order valence-corrected chi connectivity index (χ3v) is 6.63. The number of nitrogens with zero attached hydrogens (tertiary/aromatic N) is 3. The number of para-hydroxylation sites is 1. The minimum absolute atomic E-state index is 0.211. The lowest BCUT2D eigenvalue weighted by Crippen LogP contribution is -2.47. The molecule has 39 heavy (non-hydrogen) atoms. The molecule has 1 heterocycles. The Morgan fingerprint density at radius 1 is 1.03 bits per heavy atom. The monoisotopic (exact) mass is 547 g/mol. The second kappa shape index (κ2) is 10.8. The highest BCUT2D eigenvalue weighted by atomic mass is 35.5. The smallest absolute Gasteiger partial charge is 0.408 e. The standard InChI is InChI=1S/C29H30ClN5O4/c1-17-10-6-7-14-22(17)33-27(37)31-19-11-8-12-20(16-19)34-25(18(2)35(28(38)39)29(3,4)5)32-23-15-9-13-21(30)24(23)26(34)36/h6-16,18H,1-5H3,(H,38,39)(H2,31,33,37). The Balaban J connectivity index is 1.83. The molecule has 1 unspecified atom stereocenters. The van der Waals surface area contributed by atoms with Gasteiger partial charge in [-0.2, -0.15) is 0 Å². The highest BCUT2D eigenvalue weighted by Crippen LogP contribution is 2.30. The summed E-state index contributed by atoms with van der Waals surface area (Å²) < 4.78 is 1.35. The number of carbonyl (C=O) groups excluding carboxylic acids is 1. The second-order valence-corrected chi connectivity index (χ2v) is 10.6. The van der Waals surface area contributed by atoms with Gasteiger partial charge in [-0.15, -0.1) is 0 Å². The predicted octanol–water partition coefficient (Wildman–Crippen LogP) is 6.83. The molecule has 4 rings (SSSR count). The molecule has 10 heteroatoms. The Kier molecular flexibility index (Phi) is 7.65. The molecule has 0 bridgehead atoms. The number of hydrogen-bond donors (Lipinski definition) is 3. The van der Waals surface area contributed by atoms with Gasteiger partial charge in [0.05, 0.1) is 27.7 Å². The number of aromatic nitrogens is 2. The van der Waals surface area contributed by atoms with Gasteiger partial charge in [-0.25, -0.2) is 14.6 Å². The number of amides is 3. The summed E-state index contributed by atoms with van der Waals surface area (Å²) in [5.74, 6) is 0.216. The first kappa shape index (κ1) is 27.7. The van der Waals surface area contributed by atoms with Crippen LogP contribution in [0.3, 0.4) is 0 Å². The van der Waals surface area contributed by atoms with Crippen LogP contribution in [-0.2, 0) is 0 Å². The minimum atomic E-state index is -1.15. The molecule has 1 aromatic heterocycles. The zero-order valence-corrected chi connectivity index (χ0v) is 23.1. The van der Waals surface area contributed by atoms with Crippen molar-refractivity contribution < 1.29 is 14.7 Å². The van der Waals surface area contributed by atoms with Crippen molar-refractivity contribution in [3.63, 3.8) is 0 Å². The first-order valence-corrected chi connectivity index (χ1v) is 12.7. The van der Waals surface area contributed by atoms with Gasteiger partial charge in [0.15, 0.2) is 0 Å². The molecule has 3 N–H and O–H groups in total. The summed E-state index contributed by atoms with van der Waals surface area (Å²) in [6, 6.07) is 17.8. The molecule has 3 amide bonds. The lowest BCUT2D eigenvalue weighted by atomic mass is 10.0. The Hall–Kier alpha value is -4.37. The molecule has 3 aromatic carbocycles. The molecule has 0 spiro atoms. The molecule has 1 atom stereocenters. The van der Waals surface area contributed by atoms with Crippen LogP contribution in [0.4, 0.5) is 21.0 Å². The van der Waals surface area contributed by atoms with Gasteiger partial charge in [-0.3, -0.25) is 14.3 Å². The van der Waals surface area contributed by atoms with Gasteiger partial charge >= 0.3 is 12.1 Å². The quantitative estimate of drug-likeness (QED) is 0.253. The Morgan fingerprint density at radius 3 is 2.38 bits per heavy atom. The molecule has 0 saturated carbocycles. The Bertz CT molecular complexity index is 1630. The van der Waals surface area contributed by atoms with Crippen LogP contribution in [0, 0.1) is 6.92 Å². The van der Waals surface area contributed by atoms with Gasteiger partial charge in [0.25, 0.3) is 5.56 Å². The van der Waals surface area contributed by atoms with Crippen LogP contribution in [0.5, 0.6) is 0 Å². The van der Waals surface area contributed by atoms with Crippen LogP contribution in [0.1, 0.15) is 45.1 Å². The number of carboxylic acid groups (broad SMARTS) is 1. The molecule has 0 aliphatic heterocycles. The van der Waals surface area contributed by atoms with Gasteiger partial charge in [0.2, 0.25) is 0 Å². The van der Waals surface area contributed by atoms with Crippen molar-refractivity contribution in [1.29, 1.82) is 0 Å². The van der Waals surface area contributed by atoms with E-state index in [9.17, 15) is 19.5 Å². The van der Waals surface area contributed by atoms with Crippen LogP contribution < -0.4 is 16.2 Å². The maximum atomic E-state index is 13.9. The fourth-order valence-electron chi connectivity index (χ4n) is 4.61. The van der Waals surface area contributed by atoms with Gasteiger partial charge in [0, 0.05) is 16.9 Å². The lowest BCUT2D eigenvalue weighted by molar-refractivity contribution is 0.0719. The highest BCUT2D eigenvalue weighted by Gasteiger charge is 2.34. The van der Waals surface area contributed by atoms with Crippen molar-refractivity contribution >= 4 is 46.0 Å². The van der Waals surface area contributed by atoms with E-state index in [2.05, 4.69) is 10.6 Å². The number of rotatable bonds is 5. The van der Waals surface area contributed by atoms with Gasteiger partial charge < -0.3 is 15.7 Å². The van der Waals surface area contributed by atoms with Crippen molar-refractivity contribution in [2.24, 2.45) is 0 Å². The molecule has 202 valence electrons. The molecule has 0 saturated heterocycles. The number of carbonyl (C=O) groups is 2. The number of halogens is 1. The normalized spacial score (nSPS) is 12.2. The zero-order chi connectivity index (χ0) is 28.5. The zero-order valence-electron chi connectivity index (χ0n) is 22.3. The molecule has 0 fully saturated rings. The first-order chi connectivity index (χ1) is 18.4. The fourth-order valence-corrected chi connectivity index (χ4v) is 4.86. The van der Waals surface area contributed by atoms with Crippen LogP contribution >= 0.6 is 11.6 Å². The second-order valence-electron chi connectivity index (χ2n) is 10.2. The van der Waals surface area contributed by atoms with Gasteiger partial charge in [-0.05, 0) is 76.6 Å². The van der Waals surface area contributed by atoms with E-state index in [1.165, 1.54) is 9.47 Å². The van der Waals surface area contributed by atoms with Crippen LogP contribution in [0.15, 0.2) is 71.5 Å². The van der Waals surface area contributed by atoms with E-state index in [4.69, 9.17) is 16.6 Å². The summed E-state index contributed by atoms with van der Waals surface area (Å²) in [7, 11) is 0. The van der Waals surface area contributed by atoms with Crippen LogP contribution in [0.2, 0.25) is 5.02 Å². The van der Waals surface area contributed by atoms with Crippen molar-refractivity contribution in [2.45, 2.75) is 46.2 Å². The number of benzene rings is 3. The number of fused-ring (bicyclic) bond motifs is 1. The highest BCUT2D eigenvalue weighted by molar-refractivity contribution is 6.35. The fraction of sp³-hybridized carbons (Fsp3) is 0.241. The summed E-state index contributed by atoms with van der Waals surface area (Å²) in [6.07, 6.45) is -1.15. The topological polar surface area (TPSA) is 117 Å². The SMILES string of the molecule is Cc1ccccc1NC(=O)Nc1cccc(-n2c(C(C)N(C(=O)O)C(C)(C)C)nc3cccc(Cl)c3c2=O)c1. The van der Waals surface area contributed by atoms with E-state index >= 15 is 0 Å². The Labute approximate surface area is 231 Å². The largest absolute Gasteiger partial charge is 0.465 e. The minimum Gasteiger partial charge on any atom is -0.465 e. The van der Waals surface area contributed by atoms with Crippen LogP contribution in [0.25, 0.3) is 16.6 Å². The van der Waals surface area contributed by atoms with E-state index in [0.717, 1.165) is 5.56 Å². The van der Waals surface area contributed by atoms with Gasteiger partial charge in [0.1, 0.15) is 5.82 Å². The molecule has 0 radical (unpaired) electrons. The van der Waals surface area contributed by atoms with Gasteiger partial charge in [-0.1, -0.05) is 41.9 Å². The van der Waals surface area contributed by atoms with E-state index in [1.807, 2.05) is 25.1 Å². The molecule has 0 aliphatic carbocycles. The van der Waals surface area contributed by atoms with Crippen molar-refractivity contribution in [1.82, 2.24) is 14.5 Å². The van der Waals surface area contributed by atoms with E-state index in [0.29, 0.717) is 22.6 Å². The summed E-state index contributed by atoms with van der Waals surface area (Å²) in [6.45, 7) is 8.90. The third kappa shape index (κ3) is 5.73. The number of hydrogen-bond acceptors (Lipinski definition) is 4. The van der Waals surface area contributed by atoms with Crippen molar-refractivity contribution in [3.8, 4) is 5.69 Å². The van der Waals surface area contributed by atoms with E-state index in [1.54, 1.807) is 76.2 Å². The summed E-state index contributed by atoms with van der Waals surface area (Å²) in [5, 5.41) is 16.1. The summed E-state index contributed by atoms with van der Waals surface area (Å²) in [4.78, 5) is 44.9. The molecular formula is C29H30ClN5O4. The number of aryl methyl sites for hydroxylation is 1. The van der Waals surface area contributed by atoms with Crippen molar-refractivity contribution in [2.75, 3.05) is 10.6 Å². The predicted molar refractivity (Wildman–Crippen MR) is 154 cm³/mol. The average molecular weight is 548 g/mol. The molecular weight excluding hydrogens is 518 g/mol. The Morgan fingerprint density at radius 2 is 1.72 bits per heavy atom. The summed E-state index contributed by atoms with van der Waals surface area (Å²) >= 11 is 6.41. The van der Waals surface area contributed by atoms with Crippen molar-refractivity contribution in [3.05, 3.63) is 93.5 Å². The first-order valence-electron chi connectivity index (χ1n) is 12.4. The molecule has 9 nitrogen and oxygen atoms in total. The molecule has 0 aliphatic rings. The molecule has 4 aromatic rings. The third-order valence-electron chi connectivity index (χ3n) is 6.32. The maximum absolute atomic E-state index is 13.9. The van der Waals surface area contributed by atoms with Crippen LogP contribution in [-0.4, -0.2) is 37.2 Å². The maximum Gasteiger partial charge on any atom is 0.408 e. The number of anilines is 2. The number of urea groups is 1.